The highest BCUT2D eigenvalue weighted by Crippen LogP contribution is 2.42. The van der Waals surface area contributed by atoms with Gasteiger partial charge in [0, 0.05) is 0 Å². The SMILES string of the molecule is O[C@H]1CC[C@H]2CCC[C@]1(O)C2. The fraction of sp³-hybridized carbons (Fsp3) is 1.00. The Bertz CT molecular complexity index is 158. The molecule has 0 aromatic heterocycles. The highest BCUT2D eigenvalue weighted by Gasteiger charge is 2.43. The first kappa shape index (κ1) is 7.56. The standard InChI is InChI=1S/C9H16O2/c10-8-4-3-7-2-1-5-9(8,11)6-7/h7-8,10-11H,1-6H2/t7-,8+,9+/m1/s1. The summed E-state index contributed by atoms with van der Waals surface area (Å²) in [6.07, 6.45) is 5.48. The zero-order chi connectivity index (χ0) is 7.90. The molecule has 2 nitrogen and oxygen atoms in total. The number of hydrogen-bond acceptors (Lipinski definition) is 2. The van der Waals surface area contributed by atoms with Gasteiger partial charge in [-0.2, -0.15) is 0 Å². The van der Waals surface area contributed by atoms with E-state index in [1.165, 1.54) is 6.42 Å². The maximum atomic E-state index is 9.92. The average Bonchev–Trinajstić information content (AvgIpc) is 1.98. The predicted octanol–water partition coefficient (Wildman–Crippen LogP) is 1.06. The maximum Gasteiger partial charge on any atom is 0.0908 e. The molecular formula is C9H16O2. The first-order valence-electron chi connectivity index (χ1n) is 4.61. The highest BCUT2D eigenvalue weighted by molar-refractivity contribution is 4.96. The molecule has 11 heavy (non-hydrogen) atoms. The van der Waals surface area contributed by atoms with E-state index in [0.717, 1.165) is 32.1 Å². The van der Waals surface area contributed by atoms with Crippen molar-refractivity contribution in [3.8, 4) is 0 Å². The molecule has 2 fully saturated rings. The van der Waals surface area contributed by atoms with E-state index in [2.05, 4.69) is 0 Å². The second kappa shape index (κ2) is 2.46. The summed E-state index contributed by atoms with van der Waals surface area (Å²) in [5, 5.41) is 19.5. The largest absolute Gasteiger partial charge is 0.390 e. The Morgan fingerprint density at radius 2 is 2.00 bits per heavy atom. The van der Waals surface area contributed by atoms with Crippen molar-refractivity contribution in [3.05, 3.63) is 0 Å². The molecule has 0 aromatic carbocycles. The third-order valence-corrected chi connectivity index (χ3v) is 3.33. The van der Waals surface area contributed by atoms with Crippen LogP contribution >= 0.6 is 0 Å². The lowest BCUT2D eigenvalue weighted by atomic mass is 9.68. The van der Waals surface area contributed by atoms with E-state index in [0.29, 0.717) is 5.92 Å². The van der Waals surface area contributed by atoms with Crippen molar-refractivity contribution in [2.75, 3.05) is 0 Å². The summed E-state index contributed by atoms with van der Waals surface area (Å²) in [6.45, 7) is 0. The molecule has 0 aliphatic heterocycles. The van der Waals surface area contributed by atoms with E-state index in [1.54, 1.807) is 0 Å². The molecule has 0 amide bonds. The number of aliphatic hydroxyl groups excluding tert-OH is 1. The van der Waals surface area contributed by atoms with Gasteiger partial charge >= 0.3 is 0 Å². The minimum Gasteiger partial charge on any atom is -0.390 e. The zero-order valence-electron chi connectivity index (χ0n) is 6.79. The monoisotopic (exact) mass is 156 g/mol. The minimum absolute atomic E-state index is 0.445. The van der Waals surface area contributed by atoms with Crippen molar-refractivity contribution >= 4 is 0 Å². The van der Waals surface area contributed by atoms with Gasteiger partial charge in [-0.15, -0.1) is 0 Å². The lowest BCUT2D eigenvalue weighted by molar-refractivity contribution is -0.133. The Morgan fingerprint density at radius 1 is 1.18 bits per heavy atom. The van der Waals surface area contributed by atoms with Gasteiger partial charge in [-0.25, -0.2) is 0 Å². The molecule has 0 unspecified atom stereocenters. The summed E-state index contributed by atoms with van der Waals surface area (Å²) in [7, 11) is 0. The van der Waals surface area contributed by atoms with Crippen LogP contribution < -0.4 is 0 Å². The number of rotatable bonds is 0. The van der Waals surface area contributed by atoms with Crippen molar-refractivity contribution in [3.63, 3.8) is 0 Å². The molecule has 0 spiro atoms. The Balaban J connectivity index is 2.13. The van der Waals surface area contributed by atoms with Crippen molar-refractivity contribution in [2.45, 2.75) is 50.2 Å². The second-order valence-electron chi connectivity index (χ2n) is 4.16. The minimum atomic E-state index is -0.707. The van der Waals surface area contributed by atoms with Crippen molar-refractivity contribution in [2.24, 2.45) is 5.92 Å². The molecule has 3 atom stereocenters. The molecule has 2 aliphatic carbocycles. The van der Waals surface area contributed by atoms with Crippen LogP contribution in [0.25, 0.3) is 0 Å². The smallest absolute Gasteiger partial charge is 0.0908 e. The van der Waals surface area contributed by atoms with Crippen LogP contribution in [0.4, 0.5) is 0 Å². The Morgan fingerprint density at radius 3 is 2.73 bits per heavy atom. The molecule has 0 aromatic rings. The first-order chi connectivity index (χ1) is 5.21. The van der Waals surface area contributed by atoms with Gasteiger partial charge in [0.1, 0.15) is 0 Å². The molecule has 2 saturated carbocycles. The lowest BCUT2D eigenvalue weighted by Gasteiger charge is -2.44. The summed E-state index contributed by atoms with van der Waals surface area (Å²) >= 11 is 0. The summed E-state index contributed by atoms with van der Waals surface area (Å²) in [6, 6.07) is 0. The quantitative estimate of drug-likeness (QED) is 0.550. The lowest BCUT2D eigenvalue weighted by Crippen LogP contribution is -2.49. The van der Waals surface area contributed by atoms with Crippen molar-refractivity contribution in [1.82, 2.24) is 0 Å². The van der Waals surface area contributed by atoms with Crippen LogP contribution in [-0.2, 0) is 0 Å². The van der Waals surface area contributed by atoms with Gasteiger partial charge < -0.3 is 10.2 Å². The van der Waals surface area contributed by atoms with Gasteiger partial charge in [-0.1, -0.05) is 12.8 Å². The third-order valence-electron chi connectivity index (χ3n) is 3.33. The van der Waals surface area contributed by atoms with Crippen LogP contribution in [0.15, 0.2) is 0 Å². The number of aliphatic hydroxyl groups is 2. The van der Waals surface area contributed by atoms with E-state index in [4.69, 9.17) is 0 Å². The van der Waals surface area contributed by atoms with Gasteiger partial charge in [-0.3, -0.25) is 0 Å². The number of fused-ring (bicyclic) bond motifs is 2. The molecule has 64 valence electrons. The van der Waals surface area contributed by atoms with E-state index < -0.39 is 11.7 Å². The van der Waals surface area contributed by atoms with Gasteiger partial charge in [0.25, 0.3) is 0 Å². The van der Waals surface area contributed by atoms with Gasteiger partial charge in [0.15, 0.2) is 0 Å². The molecule has 2 bridgehead atoms. The molecule has 0 radical (unpaired) electrons. The van der Waals surface area contributed by atoms with E-state index >= 15 is 0 Å². The average molecular weight is 156 g/mol. The second-order valence-corrected chi connectivity index (χ2v) is 4.16. The van der Waals surface area contributed by atoms with Crippen LogP contribution in [0.2, 0.25) is 0 Å². The third kappa shape index (κ3) is 1.18. The fourth-order valence-electron chi connectivity index (χ4n) is 2.61. The Hall–Kier alpha value is -0.0800. The summed E-state index contributed by atoms with van der Waals surface area (Å²) < 4.78 is 0. The fourth-order valence-corrected chi connectivity index (χ4v) is 2.61. The van der Waals surface area contributed by atoms with Crippen LogP contribution in [0, 0.1) is 5.92 Å². The Kier molecular flexibility index (Phi) is 1.69. The Labute approximate surface area is 67.2 Å². The molecule has 2 heteroatoms. The van der Waals surface area contributed by atoms with Crippen LogP contribution in [0.1, 0.15) is 38.5 Å². The zero-order valence-corrected chi connectivity index (χ0v) is 6.79. The topological polar surface area (TPSA) is 40.5 Å². The molecule has 2 rings (SSSR count). The first-order valence-corrected chi connectivity index (χ1v) is 4.61. The van der Waals surface area contributed by atoms with Crippen molar-refractivity contribution in [1.29, 1.82) is 0 Å². The summed E-state index contributed by atoms with van der Waals surface area (Å²) in [5.41, 5.74) is -0.707. The van der Waals surface area contributed by atoms with Gasteiger partial charge in [0.05, 0.1) is 11.7 Å². The van der Waals surface area contributed by atoms with Crippen molar-refractivity contribution < 1.29 is 10.2 Å². The normalized spacial score (nSPS) is 50.7. The van der Waals surface area contributed by atoms with Gasteiger partial charge in [-0.05, 0) is 31.6 Å². The number of hydrogen-bond donors (Lipinski definition) is 2. The highest BCUT2D eigenvalue weighted by atomic mass is 16.3. The molecular weight excluding hydrogens is 140 g/mol. The summed E-state index contributed by atoms with van der Waals surface area (Å²) in [4.78, 5) is 0. The maximum absolute atomic E-state index is 9.92. The van der Waals surface area contributed by atoms with Crippen LogP contribution in [0.5, 0.6) is 0 Å². The molecule has 2 aliphatic rings. The van der Waals surface area contributed by atoms with Gasteiger partial charge in [0.2, 0.25) is 0 Å². The molecule has 0 heterocycles. The van der Waals surface area contributed by atoms with E-state index in [-0.39, 0.29) is 0 Å². The summed E-state index contributed by atoms with van der Waals surface area (Å²) in [5.74, 6) is 0.692. The van der Waals surface area contributed by atoms with E-state index in [9.17, 15) is 10.2 Å². The molecule has 0 saturated heterocycles. The van der Waals surface area contributed by atoms with E-state index in [1.807, 2.05) is 0 Å². The van der Waals surface area contributed by atoms with Crippen LogP contribution in [0.3, 0.4) is 0 Å². The van der Waals surface area contributed by atoms with Crippen LogP contribution in [-0.4, -0.2) is 21.9 Å². The molecule has 2 N–H and O–H groups in total. The predicted molar refractivity (Wildman–Crippen MR) is 42.1 cm³/mol.